The molecule has 1 aliphatic rings. The number of nitrogens with zero attached hydrogens (tertiary/aromatic N) is 1. The van der Waals surface area contributed by atoms with Crippen LogP contribution in [0.5, 0.6) is 0 Å². The van der Waals surface area contributed by atoms with Gasteiger partial charge in [-0.25, -0.2) is 4.98 Å². The second-order valence-corrected chi connectivity index (χ2v) is 4.68. The fourth-order valence-electron chi connectivity index (χ4n) is 1.78. The maximum absolute atomic E-state index is 10.5. The number of aryl methyl sites for hydroxylation is 1. The third kappa shape index (κ3) is 2.43. The van der Waals surface area contributed by atoms with Crippen molar-refractivity contribution in [1.82, 2.24) is 4.98 Å². The van der Waals surface area contributed by atoms with E-state index in [1.807, 2.05) is 0 Å². The lowest BCUT2D eigenvalue weighted by atomic mass is 10.1. The van der Waals surface area contributed by atoms with E-state index in [1.165, 1.54) is 12.8 Å². The van der Waals surface area contributed by atoms with Crippen molar-refractivity contribution in [2.75, 3.05) is 0 Å². The molecule has 0 radical (unpaired) electrons. The van der Waals surface area contributed by atoms with Gasteiger partial charge in [-0.3, -0.25) is 4.79 Å². The molecule has 0 unspecified atom stereocenters. The molecule has 0 bridgehead atoms. The first-order valence-corrected chi connectivity index (χ1v) is 5.79. The van der Waals surface area contributed by atoms with Crippen LogP contribution in [0.2, 0.25) is 0 Å². The number of rotatable bonds is 5. The zero-order chi connectivity index (χ0) is 11.7. The van der Waals surface area contributed by atoms with E-state index in [1.54, 1.807) is 0 Å². The van der Waals surface area contributed by atoms with Crippen LogP contribution >= 0.6 is 0 Å². The molecule has 0 saturated heterocycles. The molecule has 4 nitrogen and oxygen atoms in total. The largest absolute Gasteiger partial charge is 0.481 e. The fraction of sp³-hybridized carbons (Fsp3) is 0.667. The Hall–Kier alpha value is -1.32. The van der Waals surface area contributed by atoms with Gasteiger partial charge in [0.1, 0.15) is 5.76 Å². The van der Waals surface area contributed by atoms with E-state index in [2.05, 4.69) is 18.8 Å². The monoisotopic (exact) mass is 223 g/mol. The summed E-state index contributed by atoms with van der Waals surface area (Å²) in [5, 5.41) is 8.61. The van der Waals surface area contributed by atoms with Gasteiger partial charge in [0, 0.05) is 18.3 Å². The Morgan fingerprint density at radius 2 is 2.25 bits per heavy atom. The van der Waals surface area contributed by atoms with Crippen LogP contribution in [0.3, 0.4) is 0 Å². The summed E-state index contributed by atoms with van der Waals surface area (Å²) in [5.74, 6) is 1.59. The number of hydrogen-bond donors (Lipinski definition) is 1. The lowest BCUT2D eigenvalue weighted by molar-refractivity contribution is -0.137. The van der Waals surface area contributed by atoms with E-state index in [-0.39, 0.29) is 6.42 Å². The first-order chi connectivity index (χ1) is 7.58. The maximum atomic E-state index is 10.5. The molecule has 88 valence electrons. The van der Waals surface area contributed by atoms with Crippen molar-refractivity contribution in [3.63, 3.8) is 0 Å². The summed E-state index contributed by atoms with van der Waals surface area (Å²) in [6.07, 6.45) is 2.85. The van der Waals surface area contributed by atoms with Crippen LogP contribution in [0.1, 0.15) is 62.3 Å². The van der Waals surface area contributed by atoms with E-state index in [0.717, 1.165) is 11.5 Å². The van der Waals surface area contributed by atoms with Crippen LogP contribution in [0.25, 0.3) is 0 Å². The Kier molecular flexibility index (Phi) is 2.99. The van der Waals surface area contributed by atoms with E-state index >= 15 is 0 Å². The molecule has 0 amide bonds. The maximum Gasteiger partial charge on any atom is 0.303 e. The molecular weight excluding hydrogens is 206 g/mol. The van der Waals surface area contributed by atoms with Crippen molar-refractivity contribution in [3.8, 4) is 0 Å². The minimum atomic E-state index is -0.808. The third-order valence-corrected chi connectivity index (χ3v) is 2.77. The zero-order valence-corrected chi connectivity index (χ0v) is 9.69. The quantitative estimate of drug-likeness (QED) is 0.833. The molecule has 1 aliphatic carbocycles. The number of hydrogen-bond acceptors (Lipinski definition) is 3. The summed E-state index contributed by atoms with van der Waals surface area (Å²) in [5.41, 5.74) is 1.07. The van der Waals surface area contributed by atoms with Crippen molar-refractivity contribution in [2.24, 2.45) is 0 Å². The van der Waals surface area contributed by atoms with Gasteiger partial charge < -0.3 is 9.52 Å². The Labute approximate surface area is 94.7 Å². The molecule has 1 saturated carbocycles. The van der Waals surface area contributed by atoms with Gasteiger partial charge in [-0.05, 0) is 12.8 Å². The summed E-state index contributed by atoms with van der Waals surface area (Å²) in [6.45, 7) is 4.15. The van der Waals surface area contributed by atoms with Crippen molar-refractivity contribution >= 4 is 5.97 Å². The molecule has 4 heteroatoms. The van der Waals surface area contributed by atoms with Crippen LogP contribution in [0, 0.1) is 0 Å². The zero-order valence-electron chi connectivity index (χ0n) is 9.69. The highest BCUT2D eigenvalue weighted by atomic mass is 16.4. The lowest BCUT2D eigenvalue weighted by Gasteiger charge is -2.01. The van der Waals surface area contributed by atoms with E-state index in [9.17, 15) is 4.79 Å². The van der Waals surface area contributed by atoms with E-state index < -0.39 is 5.97 Å². The molecule has 1 fully saturated rings. The lowest BCUT2D eigenvalue weighted by Crippen LogP contribution is -1.97. The molecule has 2 rings (SSSR count). The molecule has 16 heavy (non-hydrogen) atoms. The smallest absolute Gasteiger partial charge is 0.303 e. The average Bonchev–Trinajstić information content (AvgIpc) is 2.95. The fourth-order valence-corrected chi connectivity index (χ4v) is 1.78. The molecule has 0 aromatic carbocycles. The third-order valence-electron chi connectivity index (χ3n) is 2.77. The van der Waals surface area contributed by atoms with Gasteiger partial charge in [0.05, 0.1) is 12.1 Å². The van der Waals surface area contributed by atoms with Crippen molar-refractivity contribution in [1.29, 1.82) is 0 Å². The first kappa shape index (κ1) is 11.2. The van der Waals surface area contributed by atoms with Crippen molar-refractivity contribution in [3.05, 3.63) is 17.3 Å². The van der Waals surface area contributed by atoms with E-state index in [0.29, 0.717) is 24.1 Å². The highest BCUT2D eigenvalue weighted by Gasteiger charge is 2.31. The van der Waals surface area contributed by atoms with Crippen molar-refractivity contribution < 1.29 is 14.3 Å². The predicted molar refractivity (Wildman–Crippen MR) is 58.5 cm³/mol. The Balaban J connectivity index is 2.14. The average molecular weight is 223 g/mol. The van der Waals surface area contributed by atoms with Gasteiger partial charge in [-0.1, -0.05) is 13.8 Å². The standard InChI is InChI=1S/C12H17NO3/c1-7(2)12-11(8-3-4-8)13-9(16-12)5-6-10(14)15/h7-8H,3-6H2,1-2H3,(H,14,15). The van der Waals surface area contributed by atoms with Crippen LogP contribution in [0.15, 0.2) is 4.42 Å². The SMILES string of the molecule is CC(C)c1oc(CCC(=O)O)nc1C1CC1. The number of oxazole rings is 1. The predicted octanol–water partition coefficient (Wildman–Crippen LogP) is 2.69. The Bertz CT molecular complexity index is 371. The normalized spacial score (nSPS) is 15.7. The van der Waals surface area contributed by atoms with Crippen LogP contribution in [-0.4, -0.2) is 16.1 Å². The molecule has 1 aromatic heterocycles. The van der Waals surface area contributed by atoms with Gasteiger partial charge in [-0.2, -0.15) is 0 Å². The van der Waals surface area contributed by atoms with Crippen molar-refractivity contribution in [2.45, 2.75) is 51.4 Å². The molecule has 1 aromatic rings. The molecule has 0 aliphatic heterocycles. The van der Waals surface area contributed by atoms with Gasteiger partial charge in [0.15, 0.2) is 5.89 Å². The highest BCUT2D eigenvalue weighted by molar-refractivity contribution is 5.66. The highest BCUT2D eigenvalue weighted by Crippen LogP contribution is 2.43. The summed E-state index contributed by atoms with van der Waals surface area (Å²) in [7, 11) is 0. The number of aliphatic carboxylic acids is 1. The van der Waals surface area contributed by atoms with E-state index in [4.69, 9.17) is 9.52 Å². The van der Waals surface area contributed by atoms with Gasteiger partial charge >= 0.3 is 5.97 Å². The van der Waals surface area contributed by atoms with Gasteiger partial charge in [0.25, 0.3) is 0 Å². The van der Waals surface area contributed by atoms with Crippen LogP contribution in [-0.2, 0) is 11.2 Å². The minimum Gasteiger partial charge on any atom is -0.481 e. The second-order valence-electron chi connectivity index (χ2n) is 4.68. The topological polar surface area (TPSA) is 63.3 Å². The minimum absolute atomic E-state index is 0.0855. The summed E-state index contributed by atoms with van der Waals surface area (Å²) in [6, 6.07) is 0. The molecule has 1 heterocycles. The number of carboxylic acid groups (broad SMARTS) is 1. The van der Waals surface area contributed by atoms with Crippen LogP contribution < -0.4 is 0 Å². The molecule has 0 atom stereocenters. The summed E-state index contributed by atoms with van der Waals surface area (Å²) >= 11 is 0. The molecule has 1 N–H and O–H groups in total. The van der Waals surface area contributed by atoms with Crippen LogP contribution in [0.4, 0.5) is 0 Å². The Morgan fingerprint density at radius 3 is 2.75 bits per heavy atom. The second kappa shape index (κ2) is 4.28. The summed E-state index contributed by atoms with van der Waals surface area (Å²) < 4.78 is 5.65. The van der Waals surface area contributed by atoms with Gasteiger partial charge in [0.2, 0.25) is 0 Å². The number of aromatic nitrogens is 1. The molecule has 0 spiro atoms. The molecular formula is C12H17NO3. The van der Waals surface area contributed by atoms with Gasteiger partial charge in [-0.15, -0.1) is 0 Å². The first-order valence-electron chi connectivity index (χ1n) is 5.79. The Morgan fingerprint density at radius 1 is 1.56 bits per heavy atom. The number of carbonyl (C=O) groups is 1. The number of carboxylic acids is 1. The summed E-state index contributed by atoms with van der Waals surface area (Å²) in [4.78, 5) is 14.9.